The van der Waals surface area contributed by atoms with E-state index >= 15 is 0 Å². The SMILES string of the molecule is CCOC(=O)C1=C(c2ccccc2)N=c2s/c(=C\c3cccnc3)c(=O)n2[C@@H]1c1ccc(SC)cc1. The summed E-state index contributed by atoms with van der Waals surface area (Å²) in [4.78, 5) is 37.8. The van der Waals surface area contributed by atoms with Gasteiger partial charge in [0.1, 0.15) is 0 Å². The average molecular weight is 514 g/mol. The molecule has 0 N–H and O–H groups in total. The topological polar surface area (TPSA) is 73.6 Å². The third kappa shape index (κ3) is 4.57. The lowest BCUT2D eigenvalue weighted by Gasteiger charge is -2.26. The number of hydrogen-bond acceptors (Lipinski definition) is 7. The number of benzene rings is 2. The van der Waals surface area contributed by atoms with Crippen LogP contribution in [0.5, 0.6) is 0 Å². The number of rotatable bonds is 6. The Bertz CT molecular complexity index is 1610. The molecular weight excluding hydrogens is 490 g/mol. The van der Waals surface area contributed by atoms with Crippen LogP contribution >= 0.6 is 23.1 Å². The molecule has 0 spiro atoms. The van der Waals surface area contributed by atoms with Gasteiger partial charge in [-0.2, -0.15) is 0 Å². The molecule has 36 heavy (non-hydrogen) atoms. The van der Waals surface area contributed by atoms with Gasteiger partial charge in [0.2, 0.25) is 0 Å². The van der Waals surface area contributed by atoms with Gasteiger partial charge in [-0.25, -0.2) is 9.79 Å². The van der Waals surface area contributed by atoms with Crippen molar-refractivity contribution in [1.82, 2.24) is 9.55 Å². The van der Waals surface area contributed by atoms with Crippen LogP contribution in [0, 0.1) is 0 Å². The summed E-state index contributed by atoms with van der Waals surface area (Å²) in [5.74, 6) is -0.486. The number of esters is 1. The summed E-state index contributed by atoms with van der Waals surface area (Å²) >= 11 is 2.93. The van der Waals surface area contributed by atoms with Crippen molar-refractivity contribution < 1.29 is 9.53 Å². The molecule has 4 aromatic rings. The first-order valence-corrected chi connectivity index (χ1v) is 13.5. The molecule has 1 atom stereocenters. The van der Waals surface area contributed by atoms with Crippen LogP contribution in [0.25, 0.3) is 11.8 Å². The molecular formula is C28H23N3O3S2. The fourth-order valence-corrected chi connectivity index (χ4v) is 5.56. The monoisotopic (exact) mass is 513 g/mol. The largest absolute Gasteiger partial charge is 0.463 e. The highest BCUT2D eigenvalue weighted by molar-refractivity contribution is 7.98. The van der Waals surface area contributed by atoms with E-state index in [4.69, 9.17) is 9.73 Å². The quantitative estimate of drug-likeness (QED) is 0.287. The lowest BCUT2D eigenvalue weighted by molar-refractivity contribution is -0.138. The molecule has 5 rings (SSSR count). The van der Waals surface area contributed by atoms with E-state index in [0.717, 1.165) is 21.6 Å². The summed E-state index contributed by atoms with van der Waals surface area (Å²) in [7, 11) is 0. The Morgan fingerprint density at radius 2 is 1.89 bits per heavy atom. The molecule has 0 bridgehead atoms. The minimum atomic E-state index is -0.678. The molecule has 2 aromatic heterocycles. The van der Waals surface area contributed by atoms with Crippen LogP contribution in [-0.4, -0.2) is 28.4 Å². The van der Waals surface area contributed by atoms with Crippen LogP contribution in [0.15, 0.2) is 99.4 Å². The van der Waals surface area contributed by atoms with Gasteiger partial charge in [-0.05, 0) is 48.6 Å². The van der Waals surface area contributed by atoms with E-state index in [-0.39, 0.29) is 12.2 Å². The maximum atomic E-state index is 13.8. The second-order valence-electron chi connectivity index (χ2n) is 7.99. The van der Waals surface area contributed by atoms with E-state index in [9.17, 15) is 9.59 Å². The van der Waals surface area contributed by atoms with Gasteiger partial charge in [0.15, 0.2) is 4.80 Å². The van der Waals surface area contributed by atoms with Crippen LogP contribution in [0.3, 0.4) is 0 Å². The van der Waals surface area contributed by atoms with Crippen LogP contribution in [0.2, 0.25) is 0 Å². The van der Waals surface area contributed by atoms with Crippen molar-refractivity contribution in [2.75, 3.05) is 12.9 Å². The molecule has 0 saturated heterocycles. The van der Waals surface area contributed by atoms with Gasteiger partial charge in [0.05, 0.1) is 28.5 Å². The first-order valence-electron chi connectivity index (χ1n) is 11.4. The van der Waals surface area contributed by atoms with Crippen molar-refractivity contribution in [2.45, 2.75) is 17.9 Å². The van der Waals surface area contributed by atoms with Crippen molar-refractivity contribution in [3.8, 4) is 0 Å². The number of pyridine rings is 1. The highest BCUT2D eigenvalue weighted by Crippen LogP contribution is 2.35. The number of thiazole rings is 1. The van der Waals surface area contributed by atoms with Crippen molar-refractivity contribution in [1.29, 1.82) is 0 Å². The highest BCUT2D eigenvalue weighted by atomic mass is 32.2. The highest BCUT2D eigenvalue weighted by Gasteiger charge is 2.35. The first kappa shape index (κ1) is 24.0. The third-order valence-corrected chi connectivity index (χ3v) is 7.51. The van der Waals surface area contributed by atoms with E-state index < -0.39 is 12.0 Å². The van der Waals surface area contributed by atoms with Crippen molar-refractivity contribution in [3.05, 3.63) is 121 Å². The molecule has 8 heteroatoms. The predicted molar refractivity (Wildman–Crippen MR) is 144 cm³/mol. The van der Waals surface area contributed by atoms with Gasteiger partial charge in [-0.1, -0.05) is 59.9 Å². The molecule has 0 unspecified atom stereocenters. The Hall–Kier alpha value is -3.75. The van der Waals surface area contributed by atoms with Gasteiger partial charge in [0.25, 0.3) is 5.56 Å². The number of carbonyl (C=O) groups is 1. The molecule has 180 valence electrons. The van der Waals surface area contributed by atoms with Gasteiger partial charge in [-0.3, -0.25) is 14.3 Å². The van der Waals surface area contributed by atoms with Crippen LogP contribution < -0.4 is 14.9 Å². The number of hydrogen-bond donors (Lipinski definition) is 0. The Labute approximate surface area is 216 Å². The van der Waals surface area contributed by atoms with Crippen LogP contribution in [0.4, 0.5) is 0 Å². The Kier molecular flexibility index (Phi) is 6.97. The van der Waals surface area contributed by atoms with Crippen LogP contribution in [-0.2, 0) is 9.53 Å². The predicted octanol–water partition coefficient (Wildman–Crippen LogP) is 4.05. The molecule has 0 fully saturated rings. The van der Waals surface area contributed by atoms with Gasteiger partial charge >= 0.3 is 5.97 Å². The lowest BCUT2D eigenvalue weighted by atomic mass is 9.93. The Morgan fingerprint density at radius 1 is 1.11 bits per heavy atom. The standard InChI is InChI=1S/C28H23N3O3S2/c1-3-34-27(33)23-24(19-9-5-4-6-10-19)30-28-31(25(23)20-11-13-21(35-2)14-12-20)26(32)22(36-28)16-18-8-7-15-29-17-18/h4-17,25H,3H2,1-2H3/b22-16-/t25-/m1/s1. The normalized spacial score (nSPS) is 15.4. The second-order valence-corrected chi connectivity index (χ2v) is 9.88. The minimum Gasteiger partial charge on any atom is -0.463 e. The summed E-state index contributed by atoms with van der Waals surface area (Å²) in [6.07, 6.45) is 7.21. The molecule has 0 radical (unpaired) electrons. The summed E-state index contributed by atoms with van der Waals surface area (Å²) < 4.78 is 7.63. The maximum Gasteiger partial charge on any atom is 0.338 e. The molecule has 0 saturated carbocycles. The lowest BCUT2D eigenvalue weighted by Crippen LogP contribution is -2.40. The van der Waals surface area contributed by atoms with Crippen molar-refractivity contribution in [2.24, 2.45) is 4.99 Å². The number of fused-ring (bicyclic) bond motifs is 1. The molecule has 6 nitrogen and oxygen atoms in total. The number of carbonyl (C=O) groups excluding carboxylic acids is 1. The van der Waals surface area contributed by atoms with Crippen molar-refractivity contribution >= 4 is 40.8 Å². The fraction of sp³-hybridized carbons (Fsp3) is 0.143. The van der Waals surface area contributed by atoms with Gasteiger partial charge in [-0.15, -0.1) is 11.8 Å². The Balaban J connectivity index is 1.82. The van der Waals surface area contributed by atoms with E-state index in [1.54, 1.807) is 41.7 Å². The molecule has 2 aromatic carbocycles. The molecule has 3 heterocycles. The smallest absolute Gasteiger partial charge is 0.338 e. The molecule has 1 aliphatic heterocycles. The number of thioether (sulfide) groups is 1. The summed E-state index contributed by atoms with van der Waals surface area (Å²) in [5.41, 5.74) is 3.07. The zero-order valence-electron chi connectivity index (χ0n) is 19.8. The first-order chi connectivity index (χ1) is 17.6. The maximum absolute atomic E-state index is 13.8. The zero-order valence-corrected chi connectivity index (χ0v) is 21.4. The van der Waals surface area contributed by atoms with E-state index in [0.29, 0.717) is 20.6 Å². The van der Waals surface area contributed by atoms with E-state index in [2.05, 4.69) is 4.98 Å². The third-order valence-electron chi connectivity index (χ3n) is 5.79. The zero-order chi connectivity index (χ0) is 25.1. The minimum absolute atomic E-state index is 0.213. The molecule has 0 amide bonds. The molecule has 1 aliphatic rings. The Morgan fingerprint density at radius 3 is 2.56 bits per heavy atom. The average Bonchev–Trinajstić information content (AvgIpc) is 3.23. The van der Waals surface area contributed by atoms with Gasteiger partial charge in [0, 0.05) is 22.9 Å². The summed E-state index contributed by atoms with van der Waals surface area (Å²) in [5, 5.41) is 0. The molecule has 0 aliphatic carbocycles. The van der Waals surface area contributed by atoms with Crippen molar-refractivity contribution in [3.63, 3.8) is 0 Å². The van der Waals surface area contributed by atoms with E-state index in [1.165, 1.54) is 11.3 Å². The van der Waals surface area contributed by atoms with Crippen LogP contribution in [0.1, 0.15) is 29.7 Å². The fourth-order valence-electron chi connectivity index (χ4n) is 4.15. The summed E-state index contributed by atoms with van der Waals surface area (Å²) in [6.45, 7) is 1.99. The van der Waals surface area contributed by atoms with E-state index in [1.807, 2.05) is 73.0 Å². The second kappa shape index (κ2) is 10.5. The van der Waals surface area contributed by atoms with Gasteiger partial charge < -0.3 is 4.74 Å². The number of aromatic nitrogens is 2. The number of nitrogens with zero attached hydrogens (tertiary/aromatic N) is 3. The summed E-state index contributed by atoms with van der Waals surface area (Å²) in [6, 6.07) is 20.5. The number of ether oxygens (including phenoxy) is 1.